The number of hydrogen-bond donors (Lipinski definition) is 1. The molecule has 0 bridgehead atoms. The van der Waals surface area contributed by atoms with E-state index in [0.29, 0.717) is 6.42 Å². The van der Waals surface area contributed by atoms with Crippen LogP contribution >= 0.6 is 15.9 Å². The van der Waals surface area contributed by atoms with Crippen LogP contribution in [-0.4, -0.2) is 18.7 Å². The molecular formula is C17H17BrN2O2. The monoisotopic (exact) mass is 360 g/mol. The second-order valence-corrected chi connectivity index (χ2v) is 5.68. The van der Waals surface area contributed by atoms with Crippen molar-refractivity contribution in [1.29, 1.82) is 0 Å². The van der Waals surface area contributed by atoms with E-state index in [0.717, 1.165) is 27.1 Å². The smallest absolute Gasteiger partial charge is 0.244 e. The molecule has 4 nitrogen and oxygen atoms in total. The Labute approximate surface area is 138 Å². The molecule has 0 aromatic heterocycles. The summed E-state index contributed by atoms with van der Waals surface area (Å²) in [5.41, 5.74) is 5.20. The summed E-state index contributed by atoms with van der Waals surface area (Å²) in [4.78, 5) is 11.9. The van der Waals surface area contributed by atoms with Crippen molar-refractivity contribution >= 4 is 27.5 Å². The zero-order valence-corrected chi connectivity index (χ0v) is 14.1. The van der Waals surface area contributed by atoms with Crippen LogP contribution in [0.2, 0.25) is 0 Å². The summed E-state index contributed by atoms with van der Waals surface area (Å²) in [6.45, 7) is 1.85. The topological polar surface area (TPSA) is 50.7 Å². The quantitative estimate of drug-likeness (QED) is 0.654. The number of nitrogens with zero attached hydrogens (tertiary/aromatic N) is 1. The molecule has 2 aromatic rings. The highest BCUT2D eigenvalue weighted by atomic mass is 79.9. The van der Waals surface area contributed by atoms with Crippen molar-refractivity contribution in [2.24, 2.45) is 5.10 Å². The van der Waals surface area contributed by atoms with Crippen molar-refractivity contribution in [3.05, 3.63) is 64.1 Å². The number of methoxy groups -OCH3 is 1. The van der Waals surface area contributed by atoms with E-state index in [9.17, 15) is 4.79 Å². The predicted octanol–water partition coefficient (Wildman–Crippen LogP) is 3.54. The molecule has 0 unspecified atom stereocenters. The summed E-state index contributed by atoms with van der Waals surface area (Å²) in [6.07, 6.45) is 0.298. The zero-order valence-electron chi connectivity index (χ0n) is 12.5. The fourth-order valence-corrected chi connectivity index (χ4v) is 2.13. The molecular weight excluding hydrogens is 344 g/mol. The van der Waals surface area contributed by atoms with Crippen LogP contribution in [0.15, 0.2) is 58.1 Å². The lowest BCUT2D eigenvalue weighted by molar-refractivity contribution is -0.120. The fourth-order valence-electron chi connectivity index (χ4n) is 1.87. The van der Waals surface area contributed by atoms with E-state index in [1.165, 1.54) is 0 Å². The van der Waals surface area contributed by atoms with Gasteiger partial charge in [-0.25, -0.2) is 5.43 Å². The summed E-state index contributed by atoms with van der Waals surface area (Å²) in [5, 5.41) is 4.13. The van der Waals surface area contributed by atoms with Gasteiger partial charge in [0.25, 0.3) is 0 Å². The maximum atomic E-state index is 11.9. The predicted molar refractivity (Wildman–Crippen MR) is 91.2 cm³/mol. The second-order valence-electron chi connectivity index (χ2n) is 4.76. The first-order valence-corrected chi connectivity index (χ1v) is 7.60. The van der Waals surface area contributed by atoms with Crippen LogP contribution in [0.3, 0.4) is 0 Å². The van der Waals surface area contributed by atoms with Crippen molar-refractivity contribution in [1.82, 2.24) is 5.43 Å². The van der Waals surface area contributed by atoms with Crippen molar-refractivity contribution < 1.29 is 9.53 Å². The molecule has 2 aromatic carbocycles. The number of hydrogen-bond acceptors (Lipinski definition) is 3. The van der Waals surface area contributed by atoms with Crippen LogP contribution in [0.1, 0.15) is 18.1 Å². The molecule has 0 spiro atoms. The summed E-state index contributed by atoms with van der Waals surface area (Å²) >= 11 is 3.37. The van der Waals surface area contributed by atoms with Gasteiger partial charge in [0.1, 0.15) is 5.75 Å². The molecule has 22 heavy (non-hydrogen) atoms. The van der Waals surface area contributed by atoms with Crippen LogP contribution in [-0.2, 0) is 11.2 Å². The van der Waals surface area contributed by atoms with Gasteiger partial charge >= 0.3 is 0 Å². The molecule has 0 fully saturated rings. The van der Waals surface area contributed by atoms with Crippen LogP contribution < -0.4 is 10.2 Å². The van der Waals surface area contributed by atoms with Crippen LogP contribution in [0.5, 0.6) is 5.75 Å². The highest BCUT2D eigenvalue weighted by molar-refractivity contribution is 9.10. The van der Waals surface area contributed by atoms with Crippen molar-refractivity contribution in [3.8, 4) is 5.75 Å². The number of amides is 1. The highest BCUT2D eigenvalue weighted by Gasteiger charge is 2.03. The fraction of sp³-hybridized carbons (Fsp3) is 0.176. The van der Waals surface area contributed by atoms with Gasteiger partial charge in [-0.05, 0) is 54.4 Å². The molecule has 0 aliphatic rings. The van der Waals surface area contributed by atoms with Crippen LogP contribution in [0.4, 0.5) is 0 Å². The lowest BCUT2D eigenvalue weighted by Crippen LogP contribution is -2.21. The Morgan fingerprint density at radius 2 is 1.77 bits per heavy atom. The van der Waals surface area contributed by atoms with E-state index >= 15 is 0 Å². The van der Waals surface area contributed by atoms with Gasteiger partial charge in [-0.15, -0.1) is 0 Å². The molecule has 0 saturated carbocycles. The molecule has 114 valence electrons. The minimum atomic E-state index is -0.143. The Morgan fingerprint density at radius 3 is 2.36 bits per heavy atom. The Hall–Kier alpha value is -2.14. The molecule has 0 heterocycles. The Balaban J connectivity index is 1.94. The maximum absolute atomic E-state index is 11.9. The lowest BCUT2D eigenvalue weighted by atomic mass is 10.1. The number of carbonyl (C=O) groups excluding carboxylic acids is 1. The summed E-state index contributed by atoms with van der Waals surface area (Å²) in [5.74, 6) is 0.644. The number of nitrogens with one attached hydrogen (secondary N) is 1. The second kappa shape index (κ2) is 7.75. The standard InChI is InChI=1S/C17H17BrN2O2/c1-12(14-5-9-16(22-2)10-6-14)19-20-17(21)11-13-3-7-15(18)8-4-13/h3-10H,11H2,1-2H3,(H,20,21)/b19-12-. The van der Waals surface area contributed by atoms with E-state index < -0.39 is 0 Å². The number of carbonyl (C=O) groups is 1. The van der Waals surface area contributed by atoms with Gasteiger partial charge in [0, 0.05) is 4.47 Å². The summed E-state index contributed by atoms with van der Waals surface area (Å²) < 4.78 is 6.10. The first-order chi connectivity index (χ1) is 10.6. The van der Waals surface area contributed by atoms with Crippen molar-refractivity contribution in [2.45, 2.75) is 13.3 Å². The molecule has 2 rings (SSSR count). The molecule has 0 aliphatic carbocycles. The lowest BCUT2D eigenvalue weighted by Gasteiger charge is -2.05. The molecule has 0 radical (unpaired) electrons. The van der Waals surface area contributed by atoms with Gasteiger partial charge in [-0.3, -0.25) is 4.79 Å². The van der Waals surface area contributed by atoms with Gasteiger partial charge < -0.3 is 4.74 Å². The molecule has 5 heteroatoms. The molecule has 0 atom stereocenters. The summed E-state index contributed by atoms with van der Waals surface area (Å²) in [7, 11) is 1.62. The molecule has 0 saturated heterocycles. The number of hydrazone groups is 1. The number of benzene rings is 2. The van der Waals surface area contributed by atoms with Crippen LogP contribution in [0, 0.1) is 0 Å². The van der Waals surface area contributed by atoms with Crippen molar-refractivity contribution in [2.75, 3.05) is 7.11 Å². The first-order valence-electron chi connectivity index (χ1n) is 6.80. The Kier molecular flexibility index (Phi) is 5.72. The number of ether oxygens (including phenoxy) is 1. The minimum absolute atomic E-state index is 0.143. The third-order valence-electron chi connectivity index (χ3n) is 3.13. The molecule has 0 aliphatic heterocycles. The van der Waals surface area contributed by atoms with E-state index in [2.05, 4.69) is 26.5 Å². The van der Waals surface area contributed by atoms with E-state index in [1.807, 2.05) is 55.5 Å². The normalized spacial score (nSPS) is 11.1. The highest BCUT2D eigenvalue weighted by Crippen LogP contribution is 2.12. The first kappa shape index (κ1) is 16.2. The third kappa shape index (κ3) is 4.70. The average molecular weight is 361 g/mol. The van der Waals surface area contributed by atoms with E-state index in [-0.39, 0.29) is 5.91 Å². The van der Waals surface area contributed by atoms with Gasteiger partial charge in [0.2, 0.25) is 5.91 Å². The van der Waals surface area contributed by atoms with Gasteiger partial charge in [0.15, 0.2) is 0 Å². The van der Waals surface area contributed by atoms with E-state index in [1.54, 1.807) is 7.11 Å². The average Bonchev–Trinajstić information content (AvgIpc) is 2.55. The summed E-state index contributed by atoms with van der Waals surface area (Å²) in [6, 6.07) is 15.2. The molecule has 1 N–H and O–H groups in total. The SMILES string of the molecule is COc1ccc(/C(C)=N\NC(=O)Cc2ccc(Br)cc2)cc1. The molecule has 1 amide bonds. The number of halogens is 1. The largest absolute Gasteiger partial charge is 0.497 e. The minimum Gasteiger partial charge on any atom is -0.497 e. The number of rotatable bonds is 5. The van der Waals surface area contributed by atoms with Crippen molar-refractivity contribution in [3.63, 3.8) is 0 Å². The third-order valence-corrected chi connectivity index (χ3v) is 3.66. The van der Waals surface area contributed by atoms with Crippen LogP contribution in [0.25, 0.3) is 0 Å². The van der Waals surface area contributed by atoms with Gasteiger partial charge in [-0.1, -0.05) is 28.1 Å². The zero-order chi connectivity index (χ0) is 15.9. The van der Waals surface area contributed by atoms with E-state index in [4.69, 9.17) is 4.74 Å². The van der Waals surface area contributed by atoms with Gasteiger partial charge in [0.05, 0.1) is 19.2 Å². The Morgan fingerprint density at radius 1 is 1.14 bits per heavy atom. The van der Waals surface area contributed by atoms with Gasteiger partial charge in [-0.2, -0.15) is 5.10 Å². The Bertz CT molecular complexity index is 664. The maximum Gasteiger partial charge on any atom is 0.244 e.